The monoisotopic (exact) mass is 524 g/mol. The van der Waals surface area contributed by atoms with Gasteiger partial charge in [-0.15, -0.1) is 0 Å². The quantitative estimate of drug-likeness (QED) is 0.311. The number of ether oxygens (including phenoxy) is 1. The second-order valence-corrected chi connectivity index (χ2v) is 10.5. The summed E-state index contributed by atoms with van der Waals surface area (Å²) in [5, 5.41) is 0. The fraction of sp³-hybridized carbons (Fsp3) is 0.387. The lowest BCUT2D eigenvalue weighted by Crippen LogP contribution is -2.39. The van der Waals surface area contributed by atoms with Crippen LogP contribution in [0.25, 0.3) is 0 Å². The number of benzene rings is 3. The molecule has 0 bridgehead atoms. The Kier molecular flexibility index (Phi) is 8.77. The molecule has 2 atom stereocenters. The van der Waals surface area contributed by atoms with Gasteiger partial charge < -0.3 is 9.64 Å². The smallest absolute Gasteiger partial charge is 0.416 e. The summed E-state index contributed by atoms with van der Waals surface area (Å²) in [6.07, 6.45) is -4.41. The average molecular weight is 525 g/mol. The fourth-order valence-corrected chi connectivity index (χ4v) is 5.40. The molecule has 4 nitrogen and oxygen atoms in total. The van der Waals surface area contributed by atoms with Crippen LogP contribution in [0.1, 0.15) is 46.8 Å². The van der Waals surface area contributed by atoms with Crippen molar-refractivity contribution in [2.24, 2.45) is 11.8 Å². The molecular weight excluding hydrogens is 489 g/mol. The molecule has 38 heavy (non-hydrogen) atoms. The number of amides is 1. The molecule has 4 rings (SSSR count). The summed E-state index contributed by atoms with van der Waals surface area (Å²) in [5.41, 5.74) is 1.66. The first-order valence-corrected chi connectivity index (χ1v) is 13.0. The fourth-order valence-electron chi connectivity index (χ4n) is 5.40. The van der Waals surface area contributed by atoms with Gasteiger partial charge in [0, 0.05) is 49.8 Å². The van der Waals surface area contributed by atoms with E-state index >= 15 is 0 Å². The highest BCUT2D eigenvalue weighted by Gasteiger charge is 2.38. The average Bonchev–Trinajstić information content (AvgIpc) is 3.30. The van der Waals surface area contributed by atoms with Crippen LogP contribution in [0, 0.1) is 11.8 Å². The first-order chi connectivity index (χ1) is 18.2. The third-order valence-corrected chi connectivity index (χ3v) is 7.09. The van der Waals surface area contributed by atoms with Crippen LogP contribution in [0.15, 0.2) is 78.9 Å². The van der Waals surface area contributed by atoms with E-state index in [1.54, 1.807) is 13.2 Å². The molecule has 2 unspecified atom stereocenters. The standard InChI is InChI=1S/C31H35F3N2O2/c1-22(2)17-36(30(37)23-10-5-4-6-11-23)20-26-19-35(18-25-12-7-8-15-29(25)38-3)21-28(26)24-13-9-14-27(16-24)31(32,33)34/h4-16,22,26,28H,17-21H2,1-3H3. The number of carbonyl (C=O) groups excluding carboxylic acids is 1. The Labute approximate surface area is 223 Å². The topological polar surface area (TPSA) is 32.8 Å². The predicted molar refractivity (Wildman–Crippen MR) is 143 cm³/mol. The minimum absolute atomic E-state index is 0.0281. The second-order valence-electron chi connectivity index (χ2n) is 10.5. The van der Waals surface area contributed by atoms with Crippen LogP contribution in [0.4, 0.5) is 13.2 Å². The number of carbonyl (C=O) groups is 1. The predicted octanol–water partition coefficient (Wildman–Crippen LogP) is 6.73. The molecule has 0 radical (unpaired) electrons. The molecule has 0 aliphatic carbocycles. The number of methoxy groups -OCH3 is 1. The molecule has 0 aromatic heterocycles. The molecule has 1 aliphatic heterocycles. The molecule has 0 saturated carbocycles. The summed E-state index contributed by atoms with van der Waals surface area (Å²) in [6, 6.07) is 22.6. The van der Waals surface area contributed by atoms with Gasteiger partial charge in [0.2, 0.25) is 0 Å². The van der Waals surface area contributed by atoms with Crippen molar-refractivity contribution in [2.45, 2.75) is 32.5 Å². The number of nitrogens with zero attached hydrogens (tertiary/aromatic N) is 2. The minimum atomic E-state index is -4.41. The van der Waals surface area contributed by atoms with Crippen molar-refractivity contribution in [3.63, 3.8) is 0 Å². The zero-order valence-corrected chi connectivity index (χ0v) is 22.1. The van der Waals surface area contributed by atoms with E-state index in [0.29, 0.717) is 43.9 Å². The lowest BCUT2D eigenvalue weighted by Gasteiger charge is -2.30. The number of alkyl halides is 3. The van der Waals surface area contributed by atoms with Crippen molar-refractivity contribution in [1.29, 1.82) is 0 Å². The lowest BCUT2D eigenvalue weighted by molar-refractivity contribution is -0.137. The van der Waals surface area contributed by atoms with Crippen LogP contribution in [0.5, 0.6) is 5.75 Å². The van der Waals surface area contributed by atoms with E-state index in [0.717, 1.165) is 17.4 Å². The number of halogens is 3. The van der Waals surface area contributed by atoms with Crippen LogP contribution in [-0.2, 0) is 12.7 Å². The Balaban J connectivity index is 1.64. The van der Waals surface area contributed by atoms with Gasteiger partial charge in [0.05, 0.1) is 12.7 Å². The molecule has 1 amide bonds. The van der Waals surface area contributed by atoms with E-state index in [1.807, 2.05) is 59.5 Å². The molecule has 1 fully saturated rings. The maximum atomic E-state index is 13.6. The molecular formula is C31H35F3N2O2. The summed E-state index contributed by atoms with van der Waals surface area (Å²) < 4.78 is 46.2. The van der Waals surface area contributed by atoms with Gasteiger partial charge in [0.1, 0.15) is 5.75 Å². The van der Waals surface area contributed by atoms with Gasteiger partial charge in [0.15, 0.2) is 0 Å². The first-order valence-electron chi connectivity index (χ1n) is 13.0. The largest absolute Gasteiger partial charge is 0.496 e. The Morgan fingerprint density at radius 1 is 1.00 bits per heavy atom. The van der Waals surface area contributed by atoms with Crippen molar-refractivity contribution < 1.29 is 22.7 Å². The van der Waals surface area contributed by atoms with Crippen LogP contribution >= 0.6 is 0 Å². The van der Waals surface area contributed by atoms with E-state index < -0.39 is 11.7 Å². The third-order valence-electron chi connectivity index (χ3n) is 7.09. The van der Waals surface area contributed by atoms with E-state index in [9.17, 15) is 18.0 Å². The van der Waals surface area contributed by atoms with Crippen molar-refractivity contribution in [3.8, 4) is 5.75 Å². The SMILES string of the molecule is COc1ccccc1CN1CC(CN(CC(C)C)C(=O)c2ccccc2)C(c2cccc(C(F)(F)F)c2)C1. The van der Waals surface area contributed by atoms with Gasteiger partial charge in [-0.3, -0.25) is 9.69 Å². The van der Waals surface area contributed by atoms with Gasteiger partial charge >= 0.3 is 6.18 Å². The van der Waals surface area contributed by atoms with E-state index in [-0.39, 0.29) is 23.7 Å². The molecule has 7 heteroatoms. The minimum Gasteiger partial charge on any atom is -0.496 e. The molecule has 1 aliphatic rings. The highest BCUT2D eigenvalue weighted by atomic mass is 19.4. The van der Waals surface area contributed by atoms with Gasteiger partial charge in [0.25, 0.3) is 5.91 Å². The molecule has 3 aromatic carbocycles. The normalized spacial score (nSPS) is 18.1. The molecule has 0 spiro atoms. The molecule has 0 N–H and O–H groups in total. The van der Waals surface area contributed by atoms with Crippen LogP contribution in [0.3, 0.4) is 0 Å². The molecule has 3 aromatic rings. The number of rotatable bonds is 9. The molecule has 202 valence electrons. The number of hydrogen-bond donors (Lipinski definition) is 0. The molecule has 1 saturated heterocycles. The Morgan fingerprint density at radius 3 is 2.39 bits per heavy atom. The summed E-state index contributed by atoms with van der Waals surface area (Å²) in [4.78, 5) is 17.6. The summed E-state index contributed by atoms with van der Waals surface area (Å²) in [7, 11) is 1.63. The van der Waals surface area contributed by atoms with E-state index in [1.165, 1.54) is 12.1 Å². The van der Waals surface area contributed by atoms with E-state index in [2.05, 4.69) is 18.7 Å². The summed E-state index contributed by atoms with van der Waals surface area (Å²) in [6.45, 7) is 7.05. The maximum Gasteiger partial charge on any atom is 0.416 e. The van der Waals surface area contributed by atoms with Crippen molar-refractivity contribution >= 4 is 5.91 Å². The van der Waals surface area contributed by atoms with Gasteiger partial charge in [-0.25, -0.2) is 0 Å². The second kappa shape index (κ2) is 12.0. The highest BCUT2D eigenvalue weighted by molar-refractivity contribution is 5.94. The Bertz CT molecular complexity index is 1210. The number of para-hydroxylation sites is 1. The van der Waals surface area contributed by atoms with Gasteiger partial charge in [-0.05, 0) is 41.7 Å². The van der Waals surface area contributed by atoms with Crippen LogP contribution in [0.2, 0.25) is 0 Å². The van der Waals surface area contributed by atoms with Gasteiger partial charge in [-0.2, -0.15) is 13.2 Å². The zero-order valence-electron chi connectivity index (χ0n) is 22.1. The first kappa shape index (κ1) is 27.7. The van der Waals surface area contributed by atoms with Crippen molar-refractivity contribution in [3.05, 3.63) is 101 Å². The van der Waals surface area contributed by atoms with Gasteiger partial charge in [-0.1, -0.05) is 68.4 Å². The molecule has 1 heterocycles. The Hall–Kier alpha value is -3.32. The number of hydrogen-bond acceptors (Lipinski definition) is 3. The highest BCUT2D eigenvalue weighted by Crippen LogP contribution is 2.38. The van der Waals surface area contributed by atoms with E-state index in [4.69, 9.17) is 4.74 Å². The number of likely N-dealkylation sites (tertiary alicyclic amines) is 1. The maximum absolute atomic E-state index is 13.6. The van der Waals surface area contributed by atoms with Crippen molar-refractivity contribution in [1.82, 2.24) is 9.80 Å². The lowest BCUT2D eigenvalue weighted by atomic mass is 9.87. The van der Waals surface area contributed by atoms with Crippen LogP contribution in [-0.4, -0.2) is 49.0 Å². The van der Waals surface area contributed by atoms with Crippen LogP contribution < -0.4 is 4.74 Å². The van der Waals surface area contributed by atoms with Crippen molar-refractivity contribution in [2.75, 3.05) is 33.3 Å². The zero-order chi connectivity index (χ0) is 27.3. The summed E-state index contributed by atoms with van der Waals surface area (Å²) >= 11 is 0. The Morgan fingerprint density at radius 2 is 1.71 bits per heavy atom. The summed E-state index contributed by atoms with van der Waals surface area (Å²) in [5.74, 6) is 0.808. The third kappa shape index (κ3) is 6.76.